The zero-order valence-corrected chi connectivity index (χ0v) is 12.2. The third-order valence-electron chi connectivity index (χ3n) is 3.00. The van der Waals surface area contributed by atoms with Crippen LogP contribution in [-0.4, -0.2) is 20.8 Å². The standard InChI is InChI=1S/C13H18BrN3O/c1-3-6-17-11-5-4-9(14)7-10(11)16-13(17)12(15)8(2)18/h4-5,7-8,12,18H,3,6,15H2,1-2H3. The van der Waals surface area contributed by atoms with E-state index in [4.69, 9.17) is 5.73 Å². The second-order valence-electron chi connectivity index (χ2n) is 4.52. The van der Waals surface area contributed by atoms with E-state index in [1.807, 2.05) is 18.2 Å². The van der Waals surface area contributed by atoms with E-state index in [1.54, 1.807) is 6.92 Å². The molecule has 0 aliphatic heterocycles. The molecule has 0 bridgehead atoms. The number of halogens is 1. The number of rotatable bonds is 4. The molecule has 1 aromatic carbocycles. The summed E-state index contributed by atoms with van der Waals surface area (Å²) >= 11 is 3.44. The molecule has 1 heterocycles. The van der Waals surface area contributed by atoms with E-state index in [0.717, 1.165) is 34.3 Å². The van der Waals surface area contributed by atoms with Crippen molar-refractivity contribution < 1.29 is 5.11 Å². The minimum Gasteiger partial charge on any atom is -0.391 e. The number of nitrogens with two attached hydrogens (primary N) is 1. The fourth-order valence-corrected chi connectivity index (χ4v) is 2.40. The van der Waals surface area contributed by atoms with Crippen molar-refractivity contribution in [2.45, 2.75) is 39.0 Å². The normalized spacial score (nSPS) is 14.9. The Hall–Kier alpha value is -0.910. The zero-order chi connectivity index (χ0) is 13.3. The van der Waals surface area contributed by atoms with Gasteiger partial charge in [-0.1, -0.05) is 22.9 Å². The summed E-state index contributed by atoms with van der Waals surface area (Å²) in [5.74, 6) is 0.750. The van der Waals surface area contributed by atoms with E-state index >= 15 is 0 Å². The Morgan fingerprint density at radius 3 is 2.83 bits per heavy atom. The third-order valence-corrected chi connectivity index (χ3v) is 3.50. The molecule has 98 valence electrons. The Labute approximate surface area is 115 Å². The van der Waals surface area contributed by atoms with E-state index in [0.29, 0.717) is 0 Å². The molecule has 0 radical (unpaired) electrons. The monoisotopic (exact) mass is 311 g/mol. The zero-order valence-electron chi connectivity index (χ0n) is 10.6. The molecule has 2 atom stereocenters. The molecule has 0 spiro atoms. The number of benzene rings is 1. The maximum absolute atomic E-state index is 9.66. The number of aromatic nitrogens is 2. The van der Waals surface area contributed by atoms with Crippen LogP contribution in [0.1, 0.15) is 32.1 Å². The summed E-state index contributed by atoms with van der Waals surface area (Å²) in [6, 6.07) is 5.54. The predicted octanol–water partition coefficient (Wildman–Crippen LogP) is 2.59. The summed E-state index contributed by atoms with van der Waals surface area (Å²) in [6.45, 7) is 4.66. The van der Waals surface area contributed by atoms with Crippen LogP contribution in [0, 0.1) is 0 Å². The van der Waals surface area contributed by atoms with Gasteiger partial charge in [-0.05, 0) is 31.5 Å². The smallest absolute Gasteiger partial charge is 0.129 e. The average molecular weight is 312 g/mol. The van der Waals surface area contributed by atoms with Crippen molar-refractivity contribution in [1.29, 1.82) is 0 Å². The second-order valence-corrected chi connectivity index (χ2v) is 5.44. The van der Waals surface area contributed by atoms with Crippen molar-refractivity contribution in [1.82, 2.24) is 9.55 Å². The van der Waals surface area contributed by atoms with Crippen LogP contribution < -0.4 is 5.73 Å². The van der Waals surface area contributed by atoms with Crippen molar-refractivity contribution in [3.05, 3.63) is 28.5 Å². The van der Waals surface area contributed by atoms with Crippen LogP contribution in [-0.2, 0) is 6.54 Å². The predicted molar refractivity (Wildman–Crippen MR) is 76.3 cm³/mol. The highest BCUT2D eigenvalue weighted by Crippen LogP contribution is 2.24. The van der Waals surface area contributed by atoms with Gasteiger partial charge in [0.05, 0.1) is 23.2 Å². The van der Waals surface area contributed by atoms with Crippen LogP contribution in [0.25, 0.3) is 11.0 Å². The summed E-state index contributed by atoms with van der Waals surface area (Å²) in [6.07, 6.45) is 0.391. The van der Waals surface area contributed by atoms with E-state index in [1.165, 1.54) is 0 Å². The minimum absolute atomic E-state index is 0.456. The molecular formula is C13H18BrN3O. The first-order valence-corrected chi connectivity index (χ1v) is 6.93. The summed E-state index contributed by atoms with van der Waals surface area (Å²) < 4.78 is 3.09. The van der Waals surface area contributed by atoms with Crippen LogP contribution in [0.3, 0.4) is 0 Å². The summed E-state index contributed by atoms with van der Waals surface area (Å²) in [5, 5.41) is 9.66. The Kier molecular flexibility index (Phi) is 4.04. The maximum atomic E-state index is 9.66. The van der Waals surface area contributed by atoms with Crippen LogP contribution in [0.2, 0.25) is 0 Å². The van der Waals surface area contributed by atoms with Gasteiger partial charge in [0.1, 0.15) is 5.82 Å². The van der Waals surface area contributed by atoms with E-state index in [-0.39, 0.29) is 0 Å². The van der Waals surface area contributed by atoms with E-state index < -0.39 is 12.1 Å². The second kappa shape index (κ2) is 5.38. The number of aliphatic hydroxyl groups excluding tert-OH is 1. The fraction of sp³-hybridized carbons (Fsp3) is 0.462. The first-order valence-electron chi connectivity index (χ1n) is 6.14. The maximum Gasteiger partial charge on any atom is 0.129 e. The molecule has 0 aliphatic rings. The largest absolute Gasteiger partial charge is 0.391 e. The fourth-order valence-electron chi connectivity index (χ4n) is 2.05. The van der Waals surface area contributed by atoms with Crippen LogP contribution in [0.15, 0.2) is 22.7 Å². The van der Waals surface area contributed by atoms with Gasteiger partial charge in [0.15, 0.2) is 0 Å². The highest BCUT2D eigenvalue weighted by Gasteiger charge is 2.20. The Morgan fingerprint density at radius 1 is 1.50 bits per heavy atom. The van der Waals surface area contributed by atoms with Crippen LogP contribution >= 0.6 is 15.9 Å². The Bertz CT molecular complexity index is 550. The number of aryl methyl sites for hydroxylation is 1. The van der Waals surface area contributed by atoms with Crippen molar-refractivity contribution in [2.75, 3.05) is 0 Å². The Balaban J connectivity index is 2.60. The molecule has 2 unspecified atom stereocenters. The molecule has 0 amide bonds. The number of aliphatic hydroxyl groups is 1. The number of nitrogens with zero attached hydrogens (tertiary/aromatic N) is 2. The first-order chi connectivity index (χ1) is 8.54. The number of hydrogen-bond donors (Lipinski definition) is 2. The van der Waals surface area contributed by atoms with Crippen LogP contribution in [0.5, 0.6) is 0 Å². The van der Waals surface area contributed by atoms with Gasteiger partial charge < -0.3 is 15.4 Å². The van der Waals surface area contributed by atoms with Crippen molar-refractivity contribution in [3.8, 4) is 0 Å². The van der Waals surface area contributed by atoms with Gasteiger partial charge in [0.25, 0.3) is 0 Å². The van der Waals surface area contributed by atoms with Crippen LogP contribution in [0.4, 0.5) is 0 Å². The lowest BCUT2D eigenvalue weighted by atomic mass is 10.2. The molecule has 5 heteroatoms. The topological polar surface area (TPSA) is 64.1 Å². The average Bonchev–Trinajstić information content (AvgIpc) is 2.66. The molecule has 0 fully saturated rings. The quantitative estimate of drug-likeness (QED) is 0.912. The molecule has 1 aromatic heterocycles. The van der Waals surface area contributed by atoms with E-state index in [9.17, 15) is 5.11 Å². The molecule has 0 aliphatic carbocycles. The molecular weight excluding hydrogens is 294 g/mol. The summed E-state index contributed by atoms with van der Waals surface area (Å²) in [7, 11) is 0. The van der Waals surface area contributed by atoms with Gasteiger partial charge in [-0.15, -0.1) is 0 Å². The number of hydrogen-bond acceptors (Lipinski definition) is 3. The van der Waals surface area contributed by atoms with Crippen molar-refractivity contribution >= 4 is 27.0 Å². The molecule has 4 nitrogen and oxygen atoms in total. The summed E-state index contributed by atoms with van der Waals surface area (Å²) in [5.41, 5.74) is 7.99. The SMILES string of the molecule is CCCn1c(C(N)C(C)O)nc2cc(Br)ccc21. The number of fused-ring (bicyclic) bond motifs is 1. The van der Waals surface area contributed by atoms with Gasteiger partial charge in [0, 0.05) is 11.0 Å². The molecule has 0 saturated heterocycles. The lowest BCUT2D eigenvalue weighted by molar-refractivity contribution is 0.159. The van der Waals surface area contributed by atoms with Gasteiger partial charge in [-0.3, -0.25) is 0 Å². The summed E-state index contributed by atoms with van der Waals surface area (Å²) in [4.78, 5) is 4.56. The molecule has 18 heavy (non-hydrogen) atoms. The molecule has 3 N–H and O–H groups in total. The van der Waals surface area contributed by atoms with Gasteiger partial charge in [-0.2, -0.15) is 0 Å². The molecule has 2 rings (SSSR count). The third kappa shape index (κ3) is 2.43. The highest BCUT2D eigenvalue weighted by atomic mass is 79.9. The lowest BCUT2D eigenvalue weighted by Crippen LogP contribution is -2.26. The van der Waals surface area contributed by atoms with Gasteiger partial charge in [0.2, 0.25) is 0 Å². The van der Waals surface area contributed by atoms with Crippen molar-refractivity contribution in [3.63, 3.8) is 0 Å². The number of imidazole rings is 1. The first kappa shape index (κ1) is 13.5. The molecule has 2 aromatic rings. The van der Waals surface area contributed by atoms with E-state index in [2.05, 4.69) is 32.4 Å². The highest BCUT2D eigenvalue weighted by molar-refractivity contribution is 9.10. The Morgan fingerprint density at radius 2 is 2.22 bits per heavy atom. The van der Waals surface area contributed by atoms with Crippen molar-refractivity contribution in [2.24, 2.45) is 5.73 Å². The molecule has 0 saturated carbocycles. The van der Waals surface area contributed by atoms with Gasteiger partial charge in [-0.25, -0.2) is 4.98 Å². The van der Waals surface area contributed by atoms with Gasteiger partial charge >= 0.3 is 0 Å². The lowest BCUT2D eigenvalue weighted by Gasteiger charge is -2.16. The minimum atomic E-state index is -0.610.